The number of carbonyl (C=O) groups is 1. The molecule has 1 heterocycles. The molecule has 8 heteroatoms. The maximum absolute atomic E-state index is 12.0. The summed E-state index contributed by atoms with van der Waals surface area (Å²) in [5.41, 5.74) is -0.727. The lowest BCUT2D eigenvalue weighted by Gasteiger charge is -2.19. The van der Waals surface area contributed by atoms with E-state index in [0.29, 0.717) is 35.4 Å². The summed E-state index contributed by atoms with van der Waals surface area (Å²) in [5, 5.41) is 3.45. The summed E-state index contributed by atoms with van der Waals surface area (Å²) in [7, 11) is 0. The lowest BCUT2D eigenvalue weighted by Crippen LogP contribution is -2.33. The molecule has 0 atom stereocenters. The Hall–Kier alpha value is -2.28. The first-order chi connectivity index (χ1) is 12.2. The largest absolute Gasteiger partial charge is 0.444 e. The number of amides is 1. The van der Waals surface area contributed by atoms with Gasteiger partial charge in [0.25, 0.3) is 0 Å². The van der Waals surface area contributed by atoms with Crippen LogP contribution in [0, 0.1) is 0 Å². The molecule has 26 heavy (non-hydrogen) atoms. The molecule has 0 bridgehead atoms. The third-order valence-electron chi connectivity index (χ3n) is 3.60. The van der Waals surface area contributed by atoms with Crippen LogP contribution in [0.3, 0.4) is 0 Å². The summed E-state index contributed by atoms with van der Waals surface area (Å²) in [4.78, 5) is 35.3. The van der Waals surface area contributed by atoms with Gasteiger partial charge in [-0.2, -0.15) is 0 Å². The predicted octanol–water partition coefficient (Wildman–Crippen LogP) is 3.30. The van der Waals surface area contributed by atoms with Crippen LogP contribution in [0.1, 0.15) is 40.0 Å². The molecule has 2 aromatic rings. The fourth-order valence-electron chi connectivity index (χ4n) is 2.48. The molecule has 1 aromatic carbocycles. The highest BCUT2D eigenvalue weighted by molar-refractivity contribution is 6.31. The van der Waals surface area contributed by atoms with E-state index in [0.717, 1.165) is 12.8 Å². The topological polar surface area (TPSA) is 90.5 Å². The van der Waals surface area contributed by atoms with Crippen LogP contribution in [0.2, 0.25) is 5.02 Å². The average molecular weight is 383 g/mol. The van der Waals surface area contributed by atoms with E-state index >= 15 is 0 Å². The van der Waals surface area contributed by atoms with E-state index in [9.17, 15) is 14.4 Å². The van der Waals surface area contributed by atoms with Crippen molar-refractivity contribution >= 4 is 28.6 Å². The van der Waals surface area contributed by atoms with E-state index in [1.807, 2.05) is 0 Å². The fourth-order valence-corrected chi connectivity index (χ4v) is 2.64. The number of fused-ring (bicyclic) bond motifs is 1. The number of alkyl carbamates (subject to hydrolysis) is 1. The van der Waals surface area contributed by atoms with Gasteiger partial charge in [-0.3, -0.25) is 4.57 Å². The summed E-state index contributed by atoms with van der Waals surface area (Å²) in [6.45, 7) is 6.30. The highest BCUT2D eigenvalue weighted by Gasteiger charge is 2.15. The molecule has 7 nitrogen and oxygen atoms in total. The Morgan fingerprint density at radius 3 is 2.65 bits per heavy atom. The molecule has 1 aromatic heterocycles. The van der Waals surface area contributed by atoms with Crippen LogP contribution in [0.4, 0.5) is 4.79 Å². The van der Waals surface area contributed by atoms with Crippen molar-refractivity contribution in [2.24, 2.45) is 0 Å². The van der Waals surface area contributed by atoms with Gasteiger partial charge >= 0.3 is 17.5 Å². The van der Waals surface area contributed by atoms with Crippen molar-refractivity contribution in [3.05, 3.63) is 44.2 Å². The molecule has 0 aliphatic carbocycles. The monoisotopic (exact) mass is 382 g/mol. The van der Waals surface area contributed by atoms with Crippen molar-refractivity contribution in [3.63, 3.8) is 0 Å². The van der Waals surface area contributed by atoms with Crippen LogP contribution in [-0.2, 0) is 11.3 Å². The Morgan fingerprint density at radius 2 is 1.96 bits per heavy atom. The molecular formula is C18H23ClN2O5. The van der Waals surface area contributed by atoms with Gasteiger partial charge in [-0.15, -0.1) is 0 Å². The number of carbonyl (C=O) groups excluding carboxylic acids is 1. The zero-order valence-electron chi connectivity index (χ0n) is 15.1. The van der Waals surface area contributed by atoms with Crippen molar-refractivity contribution in [2.45, 2.75) is 52.2 Å². The second-order valence-electron chi connectivity index (χ2n) is 6.96. The smallest absolute Gasteiger partial charge is 0.422 e. The van der Waals surface area contributed by atoms with Crippen molar-refractivity contribution in [1.29, 1.82) is 0 Å². The second kappa shape index (κ2) is 8.40. The zero-order valence-corrected chi connectivity index (χ0v) is 15.9. The fraction of sp³-hybridized carbons (Fsp3) is 0.500. The van der Waals surface area contributed by atoms with E-state index in [-0.39, 0.29) is 0 Å². The highest BCUT2D eigenvalue weighted by atomic mass is 35.5. The Bertz CT molecular complexity index is 895. The number of nitrogens with zero attached hydrogens (tertiary/aromatic N) is 1. The van der Waals surface area contributed by atoms with Gasteiger partial charge in [0.15, 0.2) is 0 Å². The van der Waals surface area contributed by atoms with Crippen molar-refractivity contribution in [1.82, 2.24) is 9.88 Å². The Kier molecular flexibility index (Phi) is 6.47. The minimum absolute atomic E-state index is 0.320. The number of hydrogen-bond acceptors (Lipinski definition) is 5. The van der Waals surface area contributed by atoms with Gasteiger partial charge in [-0.25, -0.2) is 14.4 Å². The molecule has 0 aliphatic heterocycles. The van der Waals surface area contributed by atoms with Crippen LogP contribution in [0.25, 0.3) is 10.9 Å². The summed E-state index contributed by atoms with van der Waals surface area (Å²) < 4.78 is 11.3. The first-order valence-electron chi connectivity index (χ1n) is 8.47. The number of hydrogen-bond donors (Lipinski definition) is 1. The summed E-state index contributed by atoms with van der Waals surface area (Å²) in [6.07, 6.45) is 1.76. The van der Waals surface area contributed by atoms with Crippen molar-refractivity contribution < 1.29 is 13.9 Å². The van der Waals surface area contributed by atoms with E-state index < -0.39 is 23.1 Å². The lowest BCUT2D eigenvalue weighted by atomic mass is 10.2. The van der Waals surface area contributed by atoms with Crippen molar-refractivity contribution in [2.75, 3.05) is 6.54 Å². The van der Waals surface area contributed by atoms with E-state index in [2.05, 4.69) is 5.32 Å². The van der Waals surface area contributed by atoms with Gasteiger partial charge in [0.1, 0.15) is 5.60 Å². The molecule has 0 aliphatic rings. The third kappa shape index (κ3) is 5.62. The number of rotatable bonds is 6. The number of aromatic nitrogens is 1. The number of halogens is 1. The molecule has 0 unspecified atom stereocenters. The molecule has 0 fully saturated rings. The quantitative estimate of drug-likeness (QED) is 0.774. The van der Waals surface area contributed by atoms with Crippen LogP contribution in [0.5, 0.6) is 0 Å². The normalized spacial score (nSPS) is 11.5. The van der Waals surface area contributed by atoms with Crippen LogP contribution in [0.15, 0.2) is 32.2 Å². The van der Waals surface area contributed by atoms with Crippen LogP contribution < -0.4 is 16.7 Å². The highest BCUT2D eigenvalue weighted by Crippen LogP contribution is 2.16. The van der Waals surface area contributed by atoms with Gasteiger partial charge in [0, 0.05) is 18.1 Å². The van der Waals surface area contributed by atoms with E-state index in [4.69, 9.17) is 20.8 Å². The number of ether oxygens (including phenoxy) is 1. The van der Waals surface area contributed by atoms with Gasteiger partial charge < -0.3 is 14.5 Å². The number of aryl methyl sites for hydroxylation is 1. The van der Waals surface area contributed by atoms with Crippen LogP contribution in [-0.4, -0.2) is 22.8 Å². The molecule has 1 N–H and O–H groups in total. The lowest BCUT2D eigenvalue weighted by molar-refractivity contribution is 0.0527. The summed E-state index contributed by atoms with van der Waals surface area (Å²) in [5.74, 6) is -0.698. The van der Waals surface area contributed by atoms with Crippen molar-refractivity contribution in [3.8, 4) is 0 Å². The standard InChI is InChI=1S/C18H23ClN2O5/c1-18(2,3)26-16(23)20-9-5-4-6-10-21-14-11-12(19)7-8-13(14)15(22)25-17(21)24/h7-8,11H,4-6,9-10H2,1-3H3,(H,20,23). The second-order valence-corrected chi connectivity index (χ2v) is 7.39. The Balaban J connectivity index is 1.89. The van der Waals surface area contributed by atoms with Gasteiger partial charge in [0.05, 0.1) is 10.9 Å². The molecule has 0 spiro atoms. The molecule has 1 amide bonds. The number of nitrogens with one attached hydrogen (secondary N) is 1. The Labute approximate surface area is 155 Å². The maximum Gasteiger partial charge on any atom is 0.422 e. The molecule has 0 radical (unpaired) electrons. The molecular weight excluding hydrogens is 360 g/mol. The Morgan fingerprint density at radius 1 is 1.23 bits per heavy atom. The zero-order chi connectivity index (χ0) is 19.3. The van der Waals surface area contributed by atoms with E-state index in [1.165, 1.54) is 4.57 Å². The maximum atomic E-state index is 12.0. The predicted molar refractivity (Wildman–Crippen MR) is 99.8 cm³/mol. The van der Waals surface area contributed by atoms with Gasteiger partial charge in [-0.05, 0) is 58.2 Å². The minimum atomic E-state index is -0.698. The van der Waals surface area contributed by atoms with E-state index in [1.54, 1.807) is 39.0 Å². The third-order valence-corrected chi connectivity index (χ3v) is 3.83. The number of unbranched alkanes of at least 4 members (excludes halogenated alkanes) is 2. The number of benzene rings is 1. The first-order valence-corrected chi connectivity index (χ1v) is 8.85. The molecule has 142 valence electrons. The summed E-state index contributed by atoms with van der Waals surface area (Å²) in [6, 6.07) is 4.71. The molecule has 0 saturated carbocycles. The first kappa shape index (κ1) is 20.0. The SMILES string of the molecule is CC(C)(C)OC(=O)NCCCCCn1c(=O)oc(=O)c2ccc(Cl)cc21. The molecule has 2 rings (SSSR count). The van der Waals surface area contributed by atoms with Crippen LogP contribution >= 0.6 is 11.6 Å². The molecule has 0 saturated heterocycles. The average Bonchev–Trinajstić information content (AvgIpc) is 2.51. The van der Waals surface area contributed by atoms with Gasteiger partial charge in [-0.1, -0.05) is 11.6 Å². The summed E-state index contributed by atoms with van der Waals surface area (Å²) >= 11 is 5.97. The van der Waals surface area contributed by atoms with Gasteiger partial charge in [0.2, 0.25) is 0 Å². The minimum Gasteiger partial charge on any atom is -0.444 e.